The summed E-state index contributed by atoms with van der Waals surface area (Å²) in [7, 11) is 1.65. The van der Waals surface area contributed by atoms with Crippen LogP contribution in [0.1, 0.15) is 11.3 Å². The standard InChI is InChI=1S/C13H15NO2/c1-9-7-10(3-5-12(9)14)13-6-4-11(16-13)8-15-2/h3-7H,8,14H2,1-2H3. The number of furan rings is 1. The van der Waals surface area contributed by atoms with Crippen molar-refractivity contribution in [2.24, 2.45) is 0 Å². The van der Waals surface area contributed by atoms with E-state index >= 15 is 0 Å². The summed E-state index contributed by atoms with van der Waals surface area (Å²) in [5, 5.41) is 0. The molecule has 0 saturated carbocycles. The Morgan fingerprint density at radius 2 is 2.06 bits per heavy atom. The van der Waals surface area contributed by atoms with Crippen LogP contribution in [0.2, 0.25) is 0 Å². The third-order valence-electron chi connectivity index (χ3n) is 2.50. The van der Waals surface area contributed by atoms with Crippen LogP contribution in [0, 0.1) is 6.92 Å². The molecule has 2 aromatic rings. The molecule has 16 heavy (non-hydrogen) atoms. The van der Waals surface area contributed by atoms with Gasteiger partial charge in [0.15, 0.2) is 0 Å². The first-order valence-electron chi connectivity index (χ1n) is 5.15. The van der Waals surface area contributed by atoms with Gasteiger partial charge in [0.05, 0.1) is 0 Å². The summed E-state index contributed by atoms with van der Waals surface area (Å²) in [6, 6.07) is 9.73. The lowest BCUT2D eigenvalue weighted by Crippen LogP contribution is -1.88. The molecule has 0 spiro atoms. The van der Waals surface area contributed by atoms with E-state index in [1.807, 2.05) is 37.3 Å². The van der Waals surface area contributed by atoms with Crippen LogP contribution >= 0.6 is 0 Å². The average molecular weight is 217 g/mol. The molecule has 2 N–H and O–H groups in total. The summed E-state index contributed by atoms with van der Waals surface area (Å²) >= 11 is 0. The number of nitrogen functional groups attached to an aromatic ring is 1. The van der Waals surface area contributed by atoms with E-state index in [4.69, 9.17) is 14.9 Å². The summed E-state index contributed by atoms with van der Waals surface area (Å²) in [6.45, 7) is 2.48. The van der Waals surface area contributed by atoms with Gasteiger partial charge >= 0.3 is 0 Å². The van der Waals surface area contributed by atoms with E-state index in [1.165, 1.54) is 0 Å². The Hall–Kier alpha value is -1.74. The predicted molar refractivity (Wildman–Crippen MR) is 64.0 cm³/mol. The molecule has 0 amide bonds. The van der Waals surface area contributed by atoms with E-state index in [0.717, 1.165) is 28.3 Å². The monoisotopic (exact) mass is 217 g/mol. The third-order valence-corrected chi connectivity index (χ3v) is 2.50. The number of aryl methyl sites for hydroxylation is 1. The van der Waals surface area contributed by atoms with E-state index in [9.17, 15) is 0 Å². The zero-order chi connectivity index (χ0) is 11.5. The average Bonchev–Trinajstić information content (AvgIpc) is 2.71. The fourth-order valence-corrected chi connectivity index (χ4v) is 1.58. The Morgan fingerprint density at radius 3 is 2.75 bits per heavy atom. The minimum absolute atomic E-state index is 0.494. The highest BCUT2D eigenvalue weighted by atomic mass is 16.5. The lowest BCUT2D eigenvalue weighted by molar-refractivity contribution is 0.165. The number of ether oxygens (including phenoxy) is 1. The molecule has 0 aliphatic rings. The van der Waals surface area contributed by atoms with Crippen LogP contribution in [0.3, 0.4) is 0 Å². The molecule has 3 nitrogen and oxygen atoms in total. The summed E-state index contributed by atoms with van der Waals surface area (Å²) < 4.78 is 10.6. The first-order valence-corrected chi connectivity index (χ1v) is 5.15. The van der Waals surface area contributed by atoms with Gasteiger partial charge in [0, 0.05) is 18.4 Å². The number of hydrogen-bond acceptors (Lipinski definition) is 3. The second-order valence-corrected chi connectivity index (χ2v) is 3.77. The molecule has 0 radical (unpaired) electrons. The lowest BCUT2D eigenvalue weighted by atomic mass is 10.1. The van der Waals surface area contributed by atoms with Crippen molar-refractivity contribution in [1.29, 1.82) is 0 Å². The topological polar surface area (TPSA) is 48.4 Å². The Morgan fingerprint density at radius 1 is 1.25 bits per heavy atom. The Balaban J connectivity index is 2.31. The number of hydrogen-bond donors (Lipinski definition) is 1. The summed E-state index contributed by atoms with van der Waals surface area (Å²) in [5.41, 5.74) is 8.66. The summed E-state index contributed by atoms with van der Waals surface area (Å²) in [5.74, 6) is 1.67. The molecule has 2 rings (SSSR count). The normalized spacial score (nSPS) is 10.6. The number of anilines is 1. The number of benzene rings is 1. The second-order valence-electron chi connectivity index (χ2n) is 3.77. The van der Waals surface area contributed by atoms with Gasteiger partial charge in [-0.25, -0.2) is 0 Å². The van der Waals surface area contributed by atoms with Gasteiger partial charge < -0.3 is 14.9 Å². The molecule has 0 bridgehead atoms. The molecule has 1 aromatic heterocycles. The van der Waals surface area contributed by atoms with Crippen LogP contribution in [-0.2, 0) is 11.3 Å². The zero-order valence-corrected chi connectivity index (χ0v) is 9.49. The molecule has 1 aromatic carbocycles. The molecule has 0 saturated heterocycles. The maximum absolute atomic E-state index is 5.77. The van der Waals surface area contributed by atoms with Crippen LogP contribution in [0.25, 0.3) is 11.3 Å². The van der Waals surface area contributed by atoms with Crippen molar-refractivity contribution in [2.45, 2.75) is 13.5 Å². The quantitative estimate of drug-likeness (QED) is 0.804. The highest BCUT2D eigenvalue weighted by Gasteiger charge is 2.05. The number of methoxy groups -OCH3 is 1. The van der Waals surface area contributed by atoms with Crippen LogP contribution in [0.5, 0.6) is 0 Å². The molecule has 0 fully saturated rings. The van der Waals surface area contributed by atoms with Crippen molar-refractivity contribution in [3.63, 3.8) is 0 Å². The van der Waals surface area contributed by atoms with Crippen molar-refractivity contribution < 1.29 is 9.15 Å². The molecule has 3 heteroatoms. The largest absolute Gasteiger partial charge is 0.459 e. The first-order chi connectivity index (χ1) is 7.70. The van der Waals surface area contributed by atoms with Crippen LogP contribution < -0.4 is 5.73 Å². The van der Waals surface area contributed by atoms with Crippen molar-refractivity contribution in [3.05, 3.63) is 41.7 Å². The Labute approximate surface area is 94.8 Å². The molecular weight excluding hydrogens is 202 g/mol. The molecule has 1 heterocycles. The highest BCUT2D eigenvalue weighted by molar-refractivity contribution is 5.63. The predicted octanol–water partition coefficient (Wildman–Crippen LogP) is 2.98. The van der Waals surface area contributed by atoms with Gasteiger partial charge in [-0.15, -0.1) is 0 Å². The van der Waals surface area contributed by atoms with Crippen LogP contribution in [0.15, 0.2) is 34.7 Å². The fourth-order valence-electron chi connectivity index (χ4n) is 1.58. The van der Waals surface area contributed by atoms with E-state index in [-0.39, 0.29) is 0 Å². The number of rotatable bonds is 3. The van der Waals surface area contributed by atoms with Gasteiger partial charge in [-0.3, -0.25) is 0 Å². The zero-order valence-electron chi connectivity index (χ0n) is 9.49. The minimum atomic E-state index is 0.494. The smallest absolute Gasteiger partial charge is 0.134 e. The SMILES string of the molecule is COCc1ccc(-c2ccc(N)c(C)c2)o1. The molecule has 0 unspecified atom stereocenters. The highest BCUT2D eigenvalue weighted by Crippen LogP contribution is 2.25. The minimum Gasteiger partial charge on any atom is -0.459 e. The van der Waals surface area contributed by atoms with E-state index in [2.05, 4.69) is 0 Å². The van der Waals surface area contributed by atoms with Gasteiger partial charge in [0.2, 0.25) is 0 Å². The summed E-state index contributed by atoms with van der Waals surface area (Å²) in [6.07, 6.45) is 0. The van der Waals surface area contributed by atoms with Crippen molar-refractivity contribution in [2.75, 3.05) is 12.8 Å². The van der Waals surface area contributed by atoms with E-state index in [1.54, 1.807) is 7.11 Å². The van der Waals surface area contributed by atoms with Gasteiger partial charge in [0.25, 0.3) is 0 Å². The lowest BCUT2D eigenvalue weighted by Gasteiger charge is -2.02. The van der Waals surface area contributed by atoms with Crippen LogP contribution in [-0.4, -0.2) is 7.11 Å². The van der Waals surface area contributed by atoms with Gasteiger partial charge in [-0.05, 0) is 42.8 Å². The maximum atomic E-state index is 5.77. The van der Waals surface area contributed by atoms with Gasteiger partial charge in [0.1, 0.15) is 18.1 Å². The molecule has 0 atom stereocenters. The number of nitrogens with two attached hydrogens (primary N) is 1. The van der Waals surface area contributed by atoms with E-state index < -0.39 is 0 Å². The Bertz CT molecular complexity index is 488. The maximum Gasteiger partial charge on any atom is 0.134 e. The van der Waals surface area contributed by atoms with Crippen molar-refractivity contribution >= 4 is 5.69 Å². The fraction of sp³-hybridized carbons (Fsp3) is 0.231. The van der Waals surface area contributed by atoms with Crippen LogP contribution in [0.4, 0.5) is 5.69 Å². The third kappa shape index (κ3) is 2.09. The molecule has 0 aliphatic heterocycles. The molecular formula is C13H15NO2. The first kappa shape index (κ1) is 10.8. The molecule has 84 valence electrons. The van der Waals surface area contributed by atoms with Crippen molar-refractivity contribution in [1.82, 2.24) is 0 Å². The summed E-state index contributed by atoms with van der Waals surface area (Å²) in [4.78, 5) is 0. The second kappa shape index (κ2) is 4.41. The molecule has 0 aliphatic carbocycles. The van der Waals surface area contributed by atoms with Gasteiger partial charge in [-0.1, -0.05) is 0 Å². The van der Waals surface area contributed by atoms with E-state index in [0.29, 0.717) is 6.61 Å². The Kier molecular flexibility index (Phi) is 2.97. The van der Waals surface area contributed by atoms with Crippen molar-refractivity contribution in [3.8, 4) is 11.3 Å². The van der Waals surface area contributed by atoms with Gasteiger partial charge in [-0.2, -0.15) is 0 Å².